The average molecular weight is 215 g/mol. The number of fused-ring (bicyclic) bond motifs is 1. The molecule has 0 aromatic heterocycles. The first kappa shape index (κ1) is 10.4. The quantitative estimate of drug-likeness (QED) is 0.806. The van der Waals surface area contributed by atoms with Gasteiger partial charge >= 0.3 is 0 Å². The Bertz CT molecular complexity index is 463. The van der Waals surface area contributed by atoms with E-state index >= 15 is 0 Å². The SMILES string of the molecule is NC(=O)CCC1=Cc2ccccc2NN=C1. The number of allylic oxidation sites excluding steroid dienone is 1. The van der Waals surface area contributed by atoms with Crippen molar-refractivity contribution in [2.24, 2.45) is 10.8 Å². The molecule has 0 atom stereocenters. The number of hydrogen-bond acceptors (Lipinski definition) is 3. The number of nitrogens with one attached hydrogen (secondary N) is 1. The fourth-order valence-corrected chi connectivity index (χ4v) is 1.55. The Labute approximate surface area is 93.8 Å². The Morgan fingerprint density at radius 2 is 2.19 bits per heavy atom. The predicted octanol–water partition coefficient (Wildman–Crippen LogP) is 1.75. The molecule has 0 spiro atoms. The van der Waals surface area contributed by atoms with Crippen LogP contribution in [0.4, 0.5) is 5.69 Å². The molecule has 1 amide bonds. The fraction of sp³-hybridized carbons (Fsp3) is 0.167. The number of para-hydroxylation sites is 1. The van der Waals surface area contributed by atoms with E-state index in [0.29, 0.717) is 12.8 Å². The lowest BCUT2D eigenvalue weighted by Crippen LogP contribution is -2.10. The summed E-state index contributed by atoms with van der Waals surface area (Å²) in [5.74, 6) is -0.292. The van der Waals surface area contributed by atoms with Gasteiger partial charge in [0.2, 0.25) is 5.91 Å². The van der Waals surface area contributed by atoms with Crippen LogP contribution in [0.1, 0.15) is 18.4 Å². The maximum Gasteiger partial charge on any atom is 0.217 e. The standard InChI is InChI=1S/C12H13N3O/c13-12(16)6-5-9-7-10-3-1-2-4-11(10)15-14-8-9/h1-4,7-8,15H,5-6H2,(H2,13,16). The van der Waals surface area contributed by atoms with Gasteiger partial charge in [-0.1, -0.05) is 18.2 Å². The highest BCUT2D eigenvalue weighted by Gasteiger charge is 2.05. The first-order valence-corrected chi connectivity index (χ1v) is 5.13. The zero-order valence-corrected chi connectivity index (χ0v) is 8.81. The van der Waals surface area contributed by atoms with Crippen molar-refractivity contribution >= 4 is 23.9 Å². The maximum absolute atomic E-state index is 10.7. The van der Waals surface area contributed by atoms with E-state index < -0.39 is 0 Å². The number of hydrogen-bond donors (Lipinski definition) is 2. The van der Waals surface area contributed by atoms with Crippen molar-refractivity contribution in [2.45, 2.75) is 12.8 Å². The molecular formula is C12H13N3O. The van der Waals surface area contributed by atoms with E-state index in [1.165, 1.54) is 0 Å². The second-order valence-electron chi connectivity index (χ2n) is 3.64. The van der Waals surface area contributed by atoms with Gasteiger partial charge in [-0.25, -0.2) is 0 Å². The molecule has 0 aliphatic carbocycles. The van der Waals surface area contributed by atoms with Crippen LogP contribution in [-0.4, -0.2) is 12.1 Å². The minimum absolute atomic E-state index is 0.292. The normalized spacial score (nSPS) is 13.4. The number of nitrogens with zero attached hydrogens (tertiary/aromatic N) is 1. The molecule has 1 aliphatic rings. The molecule has 1 aromatic rings. The molecule has 2 rings (SSSR count). The number of carbonyl (C=O) groups excluding carboxylic acids is 1. The summed E-state index contributed by atoms with van der Waals surface area (Å²) in [6.07, 6.45) is 4.71. The van der Waals surface area contributed by atoms with Crippen molar-refractivity contribution in [2.75, 3.05) is 5.43 Å². The molecule has 1 aromatic carbocycles. The molecular weight excluding hydrogens is 202 g/mol. The minimum atomic E-state index is -0.292. The van der Waals surface area contributed by atoms with Crippen molar-refractivity contribution in [1.82, 2.24) is 0 Å². The highest BCUT2D eigenvalue weighted by Crippen LogP contribution is 2.21. The Morgan fingerprint density at radius 3 is 3.00 bits per heavy atom. The van der Waals surface area contributed by atoms with Crippen molar-refractivity contribution in [3.8, 4) is 0 Å². The summed E-state index contributed by atoms with van der Waals surface area (Å²) < 4.78 is 0. The Hall–Kier alpha value is -2.10. The number of nitrogens with two attached hydrogens (primary N) is 1. The molecule has 0 radical (unpaired) electrons. The van der Waals surface area contributed by atoms with Gasteiger partial charge in [-0.3, -0.25) is 10.2 Å². The van der Waals surface area contributed by atoms with Gasteiger partial charge in [-0.15, -0.1) is 0 Å². The van der Waals surface area contributed by atoms with E-state index in [9.17, 15) is 4.79 Å². The Kier molecular flexibility index (Phi) is 3.00. The maximum atomic E-state index is 10.7. The highest BCUT2D eigenvalue weighted by atomic mass is 16.1. The van der Waals surface area contributed by atoms with Crippen LogP contribution in [0.15, 0.2) is 34.9 Å². The zero-order valence-electron chi connectivity index (χ0n) is 8.81. The summed E-state index contributed by atoms with van der Waals surface area (Å²) in [6.45, 7) is 0. The number of benzene rings is 1. The molecule has 4 heteroatoms. The van der Waals surface area contributed by atoms with Crippen LogP contribution in [-0.2, 0) is 4.79 Å². The molecule has 82 valence electrons. The molecule has 0 saturated carbocycles. The van der Waals surface area contributed by atoms with Crippen LogP contribution >= 0.6 is 0 Å². The van der Waals surface area contributed by atoms with Crippen molar-refractivity contribution in [3.63, 3.8) is 0 Å². The summed E-state index contributed by atoms with van der Waals surface area (Å²) in [4.78, 5) is 10.7. The van der Waals surface area contributed by atoms with Crippen LogP contribution in [0, 0.1) is 0 Å². The third-order valence-corrected chi connectivity index (χ3v) is 2.38. The van der Waals surface area contributed by atoms with Gasteiger partial charge in [-0.05, 0) is 29.7 Å². The van der Waals surface area contributed by atoms with Gasteiger partial charge in [0.1, 0.15) is 0 Å². The summed E-state index contributed by atoms with van der Waals surface area (Å²) in [5.41, 5.74) is 11.1. The van der Waals surface area contributed by atoms with E-state index in [1.54, 1.807) is 6.21 Å². The molecule has 3 N–H and O–H groups in total. The van der Waals surface area contributed by atoms with Gasteiger partial charge in [0, 0.05) is 6.42 Å². The van der Waals surface area contributed by atoms with Crippen LogP contribution in [0.25, 0.3) is 6.08 Å². The number of amides is 1. The van der Waals surface area contributed by atoms with Gasteiger partial charge in [-0.2, -0.15) is 5.10 Å². The van der Waals surface area contributed by atoms with Gasteiger partial charge in [0.25, 0.3) is 0 Å². The number of anilines is 1. The van der Waals surface area contributed by atoms with Gasteiger partial charge in [0.05, 0.1) is 11.9 Å². The number of carbonyl (C=O) groups is 1. The van der Waals surface area contributed by atoms with E-state index in [1.807, 2.05) is 30.3 Å². The third kappa shape index (κ3) is 2.48. The average Bonchev–Trinajstić information content (AvgIpc) is 2.47. The molecule has 0 unspecified atom stereocenters. The topological polar surface area (TPSA) is 67.5 Å². The van der Waals surface area contributed by atoms with E-state index in [4.69, 9.17) is 5.73 Å². The largest absolute Gasteiger partial charge is 0.370 e. The van der Waals surface area contributed by atoms with Crippen LogP contribution in [0.2, 0.25) is 0 Å². The predicted molar refractivity (Wildman–Crippen MR) is 65.0 cm³/mol. The smallest absolute Gasteiger partial charge is 0.217 e. The molecule has 1 heterocycles. The van der Waals surface area contributed by atoms with Crippen molar-refractivity contribution in [1.29, 1.82) is 0 Å². The van der Waals surface area contributed by atoms with E-state index in [-0.39, 0.29) is 5.91 Å². The van der Waals surface area contributed by atoms with E-state index in [2.05, 4.69) is 10.5 Å². The molecule has 0 fully saturated rings. The summed E-state index contributed by atoms with van der Waals surface area (Å²) in [7, 11) is 0. The third-order valence-electron chi connectivity index (χ3n) is 2.38. The highest BCUT2D eigenvalue weighted by molar-refractivity contribution is 5.90. The molecule has 16 heavy (non-hydrogen) atoms. The summed E-state index contributed by atoms with van der Waals surface area (Å²) in [6, 6.07) is 7.87. The fourth-order valence-electron chi connectivity index (χ4n) is 1.55. The minimum Gasteiger partial charge on any atom is -0.370 e. The van der Waals surface area contributed by atoms with Crippen LogP contribution in [0.5, 0.6) is 0 Å². The van der Waals surface area contributed by atoms with Crippen LogP contribution < -0.4 is 11.2 Å². The van der Waals surface area contributed by atoms with Crippen molar-refractivity contribution in [3.05, 3.63) is 35.4 Å². The molecule has 1 aliphatic heterocycles. The van der Waals surface area contributed by atoms with Gasteiger partial charge in [0.15, 0.2) is 0 Å². The summed E-state index contributed by atoms with van der Waals surface area (Å²) in [5, 5.41) is 4.08. The summed E-state index contributed by atoms with van der Waals surface area (Å²) >= 11 is 0. The number of rotatable bonds is 3. The Balaban J connectivity index is 2.21. The molecule has 4 nitrogen and oxygen atoms in total. The monoisotopic (exact) mass is 215 g/mol. The number of primary amides is 1. The van der Waals surface area contributed by atoms with Crippen molar-refractivity contribution < 1.29 is 4.79 Å². The number of hydrazone groups is 1. The van der Waals surface area contributed by atoms with Crippen LogP contribution in [0.3, 0.4) is 0 Å². The lowest BCUT2D eigenvalue weighted by molar-refractivity contribution is -0.117. The first-order chi connectivity index (χ1) is 7.75. The molecule has 0 saturated heterocycles. The second kappa shape index (κ2) is 4.61. The lowest BCUT2D eigenvalue weighted by Gasteiger charge is -2.01. The Morgan fingerprint density at radius 1 is 1.38 bits per heavy atom. The lowest BCUT2D eigenvalue weighted by atomic mass is 10.1. The second-order valence-corrected chi connectivity index (χ2v) is 3.64. The first-order valence-electron chi connectivity index (χ1n) is 5.13. The molecule has 0 bridgehead atoms. The van der Waals surface area contributed by atoms with E-state index in [0.717, 1.165) is 16.8 Å². The zero-order chi connectivity index (χ0) is 11.4. The van der Waals surface area contributed by atoms with Gasteiger partial charge < -0.3 is 5.73 Å².